The molecule has 4 rings (SSSR count). The molecule has 2 aliphatic rings. The van der Waals surface area contributed by atoms with Gasteiger partial charge in [0.2, 0.25) is 17.6 Å². The molecule has 3 atom stereocenters. The average molecular weight is 504 g/mol. The Morgan fingerprint density at radius 2 is 1.81 bits per heavy atom. The molecule has 2 unspecified atom stereocenters. The first-order chi connectivity index (χ1) is 15.3. The van der Waals surface area contributed by atoms with Crippen molar-refractivity contribution in [2.24, 2.45) is 11.8 Å². The highest BCUT2D eigenvalue weighted by atomic mass is 79.9. The maximum absolute atomic E-state index is 12.8. The summed E-state index contributed by atoms with van der Waals surface area (Å²) in [7, 11) is 0. The van der Waals surface area contributed by atoms with Crippen molar-refractivity contribution < 1.29 is 33.1 Å². The van der Waals surface area contributed by atoms with Crippen molar-refractivity contribution >= 4 is 50.7 Å². The van der Waals surface area contributed by atoms with Crippen molar-refractivity contribution in [2.75, 3.05) is 6.61 Å². The van der Waals surface area contributed by atoms with Gasteiger partial charge >= 0.3 is 11.9 Å². The summed E-state index contributed by atoms with van der Waals surface area (Å²) in [6, 6.07) is 4.13. The molecule has 0 N–H and O–H groups in total. The van der Waals surface area contributed by atoms with Crippen molar-refractivity contribution in [3.63, 3.8) is 0 Å². The molecule has 168 valence electrons. The van der Waals surface area contributed by atoms with Crippen molar-refractivity contribution in [3.05, 3.63) is 46.1 Å². The highest BCUT2D eigenvalue weighted by molar-refractivity contribution is 9.10. The predicted molar refractivity (Wildman–Crippen MR) is 116 cm³/mol. The molecule has 1 aromatic heterocycles. The van der Waals surface area contributed by atoms with Crippen LogP contribution in [0.25, 0.3) is 11.0 Å². The zero-order valence-corrected chi connectivity index (χ0v) is 19.2. The minimum absolute atomic E-state index is 0.0502. The zero-order valence-electron chi connectivity index (χ0n) is 17.6. The molecule has 1 saturated heterocycles. The van der Waals surface area contributed by atoms with E-state index in [1.165, 1.54) is 6.92 Å². The number of furan rings is 1. The van der Waals surface area contributed by atoms with Crippen LogP contribution >= 0.6 is 15.9 Å². The molecule has 2 amide bonds. The Hall–Kier alpha value is -2.94. The Labute approximate surface area is 192 Å². The van der Waals surface area contributed by atoms with E-state index in [9.17, 15) is 19.2 Å². The van der Waals surface area contributed by atoms with Crippen molar-refractivity contribution in [2.45, 2.75) is 39.3 Å². The molecule has 2 heterocycles. The molecule has 32 heavy (non-hydrogen) atoms. The first-order valence-electron chi connectivity index (χ1n) is 10.4. The number of carbonyl (C=O) groups is 4. The van der Waals surface area contributed by atoms with Gasteiger partial charge in [-0.3, -0.25) is 14.5 Å². The number of imide groups is 1. The molecule has 0 spiro atoms. The van der Waals surface area contributed by atoms with Gasteiger partial charge in [0.05, 0.1) is 24.0 Å². The van der Waals surface area contributed by atoms with E-state index in [2.05, 4.69) is 15.9 Å². The topological polar surface area (TPSA) is 103 Å². The second-order valence-corrected chi connectivity index (χ2v) is 8.67. The van der Waals surface area contributed by atoms with Crippen LogP contribution in [0, 0.1) is 11.8 Å². The first-order valence-corrected chi connectivity index (χ1v) is 11.2. The summed E-state index contributed by atoms with van der Waals surface area (Å²) in [4.78, 5) is 51.7. The maximum atomic E-state index is 12.8. The van der Waals surface area contributed by atoms with E-state index in [1.54, 1.807) is 25.1 Å². The lowest BCUT2D eigenvalue weighted by Crippen LogP contribution is -2.44. The molecular weight excluding hydrogens is 482 g/mol. The van der Waals surface area contributed by atoms with Gasteiger partial charge in [0.25, 0.3) is 0 Å². The Kier molecular flexibility index (Phi) is 6.19. The van der Waals surface area contributed by atoms with Crippen LogP contribution in [0.3, 0.4) is 0 Å². The molecule has 9 heteroatoms. The van der Waals surface area contributed by atoms with E-state index in [1.807, 2.05) is 12.2 Å². The number of rotatable bonds is 6. The molecule has 1 fully saturated rings. The molecule has 1 aromatic carbocycles. The molecule has 1 aliphatic heterocycles. The minimum Gasteiger partial charge on any atom is -0.460 e. The van der Waals surface area contributed by atoms with Gasteiger partial charge in [-0.2, -0.15) is 0 Å². The number of allylic oxidation sites excluding steroid dienone is 2. The Morgan fingerprint density at radius 3 is 2.44 bits per heavy atom. The van der Waals surface area contributed by atoms with Gasteiger partial charge in [-0.15, -0.1) is 0 Å². The van der Waals surface area contributed by atoms with E-state index in [0.717, 1.165) is 9.37 Å². The second kappa shape index (κ2) is 8.90. The lowest BCUT2D eigenvalue weighted by atomic mass is 9.85. The molecular formula is C23H22BrNO7. The third-order valence-electron chi connectivity index (χ3n) is 5.84. The van der Waals surface area contributed by atoms with E-state index < -0.39 is 29.8 Å². The van der Waals surface area contributed by atoms with Crippen LogP contribution in [0.2, 0.25) is 0 Å². The van der Waals surface area contributed by atoms with Crippen LogP contribution < -0.4 is 0 Å². The van der Waals surface area contributed by atoms with Crippen LogP contribution in [-0.2, 0) is 30.5 Å². The molecule has 1 aliphatic carbocycles. The fraction of sp³-hybridized carbons (Fsp3) is 0.391. The fourth-order valence-electron chi connectivity index (χ4n) is 4.20. The normalized spacial score (nSPS) is 21.0. The summed E-state index contributed by atoms with van der Waals surface area (Å²) >= 11 is 3.38. The highest BCUT2D eigenvalue weighted by Gasteiger charge is 2.50. The van der Waals surface area contributed by atoms with Crippen molar-refractivity contribution in [3.8, 4) is 0 Å². The number of benzene rings is 1. The summed E-state index contributed by atoms with van der Waals surface area (Å²) in [6.07, 6.45) is 4.76. The Bertz CT molecular complexity index is 1110. The van der Waals surface area contributed by atoms with E-state index in [4.69, 9.17) is 13.9 Å². The van der Waals surface area contributed by atoms with Crippen LogP contribution in [-0.4, -0.2) is 41.3 Å². The van der Waals surface area contributed by atoms with Gasteiger partial charge in [-0.25, -0.2) is 9.59 Å². The van der Waals surface area contributed by atoms with Crippen molar-refractivity contribution in [1.29, 1.82) is 0 Å². The number of hydrogen-bond acceptors (Lipinski definition) is 7. The second-order valence-electron chi connectivity index (χ2n) is 7.76. The third-order valence-corrected chi connectivity index (χ3v) is 6.34. The molecule has 8 nitrogen and oxygen atoms in total. The Balaban J connectivity index is 1.54. The summed E-state index contributed by atoms with van der Waals surface area (Å²) in [6.45, 7) is 3.03. The molecule has 0 radical (unpaired) electrons. The molecule has 2 aromatic rings. The number of amides is 2. The molecule has 0 bridgehead atoms. The highest BCUT2D eigenvalue weighted by Crippen LogP contribution is 2.36. The number of esters is 2. The van der Waals surface area contributed by atoms with E-state index in [0.29, 0.717) is 29.4 Å². The van der Waals surface area contributed by atoms with Gasteiger partial charge in [-0.1, -0.05) is 28.1 Å². The number of nitrogens with zero attached hydrogens (tertiary/aromatic N) is 1. The number of carbonyl (C=O) groups excluding carboxylic acids is 4. The van der Waals surface area contributed by atoms with Crippen LogP contribution in [0.15, 0.2) is 39.2 Å². The third kappa shape index (κ3) is 3.85. The van der Waals surface area contributed by atoms with Gasteiger partial charge in [-0.05, 0) is 44.9 Å². The average Bonchev–Trinajstić information content (AvgIpc) is 3.26. The quantitative estimate of drug-likeness (QED) is 0.335. The Morgan fingerprint density at radius 1 is 1.16 bits per heavy atom. The van der Waals surface area contributed by atoms with E-state index in [-0.39, 0.29) is 30.8 Å². The number of hydrogen-bond donors (Lipinski definition) is 0. The summed E-state index contributed by atoms with van der Waals surface area (Å²) in [5.41, 5.74) is 0.800. The lowest BCUT2D eigenvalue weighted by molar-refractivity contribution is -0.159. The van der Waals surface area contributed by atoms with Gasteiger partial charge in [0.15, 0.2) is 0 Å². The number of ether oxygens (including phenoxy) is 2. The largest absolute Gasteiger partial charge is 0.460 e. The lowest BCUT2D eigenvalue weighted by Gasteiger charge is -2.21. The summed E-state index contributed by atoms with van der Waals surface area (Å²) in [5, 5.41) is 0.591. The standard InChI is InChI=1S/C23H22BrNO7/c1-3-30-23(29)19-17(16-10-13(24)8-9-18(16)32-19)11-31-22(28)12(2)25-20(26)14-6-4-5-7-15(14)21(25)27/h4-5,8-10,12,14-15H,3,6-7,11H2,1-2H3/t12-,14?,15?/m0/s1. The fourth-order valence-corrected chi connectivity index (χ4v) is 4.56. The van der Waals surface area contributed by atoms with Gasteiger partial charge in [0.1, 0.15) is 18.2 Å². The van der Waals surface area contributed by atoms with Gasteiger partial charge in [0, 0.05) is 9.86 Å². The first kappa shape index (κ1) is 22.3. The number of halogens is 1. The maximum Gasteiger partial charge on any atom is 0.374 e. The zero-order chi connectivity index (χ0) is 23.0. The summed E-state index contributed by atoms with van der Waals surface area (Å²) in [5.74, 6) is -3.00. The number of fused-ring (bicyclic) bond motifs is 2. The van der Waals surface area contributed by atoms with Gasteiger partial charge < -0.3 is 13.9 Å². The van der Waals surface area contributed by atoms with Crippen LogP contribution in [0.5, 0.6) is 0 Å². The SMILES string of the molecule is CCOC(=O)c1oc2ccc(Br)cc2c1COC(=O)[C@H](C)N1C(=O)C2CC=CCC2C1=O. The van der Waals surface area contributed by atoms with Crippen molar-refractivity contribution in [1.82, 2.24) is 4.90 Å². The monoisotopic (exact) mass is 503 g/mol. The van der Waals surface area contributed by atoms with Crippen LogP contribution in [0.4, 0.5) is 0 Å². The smallest absolute Gasteiger partial charge is 0.374 e. The molecule has 0 saturated carbocycles. The number of likely N-dealkylation sites (tertiary alicyclic amines) is 1. The predicted octanol–water partition coefficient (Wildman–Crippen LogP) is 3.75. The van der Waals surface area contributed by atoms with E-state index >= 15 is 0 Å². The minimum atomic E-state index is -1.07. The van der Waals surface area contributed by atoms with Crippen LogP contribution in [0.1, 0.15) is 42.8 Å². The summed E-state index contributed by atoms with van der Waals surface area (Å²) < 4.78 is 16.9.